The molecular weight excluding hydrogens is 649 g/mol. The Labute approximate surface area is 305 Å². The monoisotopic (exact) mass is 678 g/mol. The number of furan rings is 1. The molecule has 1 unspecified atom stereocenters. The van der Waals surface area contributed by atoms with Crippen molar-refractivity contribution in [1.29, 1.82) is 0 Å². The van der Waals surface area contributed by atoms with Crippen LogP contribution in [0.1, 0.15) is 22.6 Å². The highest BCUT2D eigenvalue weighted by atomic mass is 16.3. The molecule has 5 nitrogen and oxygen atoms in total. The van der Waals surface area contributed by atoms with Crippen LogP contribution in [0.2, 0.25) is 0 Å². The van der Waals surface area contributed by atoms with Crippen LogP contribution in [0.3, 0.4) is 0 Å². The summed E-state index contributed by atoms with van der Waals surface area (Å²) in [5, 5.41) is 8.12. The van der Waals surface area contributed by atoms with E-state index in [4.69, 9.17) is 19.4 Å². The van der Waals surface area contributed by atoms with Crippen LogP contribution in [0.15, 0.2) is 162 Å². The Bertz CT molecular complexity index is 3110. The molecule has 0 aliphatic heterocycles. The number of aromatic nitrogens is 4. The summed E-state index contributed by atoms with van der Waals surface area (Å²) in [5.41, 5.74) is 9.20. The Morgan fingerprint density at radius 1 is 0.528 bits per heavy atom. The maximum absolute atomic E-state index is 6.38. The first kappa shape index (κ1) is 29.7. The molecule has 248 valence electrons. The molecule has 1 atom stereocenters. The van der Waals surface area contributed by atoms with Gasteiger partial charge in [-0.15, -0.1) is 0 Å². The van der Waals surface area contributed by atoms with Gasteiger partial charge in [0.2, 0.25) is 0 Å². The highest BCUT2D eigenvalue weighted by Crippen LogP contribution is 2.41. The van der Waals surface area contributed by atoms with E-state index in [0.717, 1.165) is 61.3 Å². The second kappa shape index (κ2) is 11.8. The number of hydrogen-bond acceptors (Lipinski definition) is 5. The normalized spacial score (nSPS) is 14.1. The Balaban J connectivity index is 1.05. The minimum absolute atomic E-state index is 0.158. The predicted octanol–water partition coefficient (Wildman–Crippen LogP) is 12.0. The number of fused-ring (bicyclic) bond motifs is 9. The second-order valence-corrected chi connectivity index (χ2v) is 13.8. The van der Waals surface area contributed by atoms with Gasteiger partial charge in [-0.05, 0) is 85.8 Å². The fourth-order valence-corrected chi connectivity index (χ4v) is 8.19. The zero-order valence-electron chi connectivity index (χ0n) is 28.6. The zero-order chi connectivity index (χ0) is 34.9. The van der Waals surface area contributed by atoms with Crippen molar-refractivity contribution in [1.82, 2.24) is 19.9 Å². The zero-order valence-corrected chi connectivity index (χ0v) is 28.6. The van der Waals surface area contributed by atoms with Crippen molar-refractivity contribution in [3.05, 3.63) is 175 Å². The van der Waals surface area contributed by atoms with Crippen molar-refractivity contribution in [2.75, 3.05) is 0 Å². The largest absolute Gasteiger partial charge is 0.454 e. The van der Waals surface area contributed by atoms with Crippen LogP contribution in [0.25, 0.3) is 94.6 Å². The lowest BCUT2D eigenvalue weighted by Crippen LogP contribution is -2.07. The lowest BCUT2D eigenvalue weighted by atomic mass is 9.82. The SMILES string of the molecule is C1=CC(c2cc3oc4cccnc4c3c3ccccc23)Cc2cc(-c3nc(-c4ccccc4)nc(-c4cc5ccccc5c5ccccc45)n3)ccc21. The second-order valence-electron chi connectivity index (χ2n) is 13.8. The summed E-state index contributed by atoms with van der Waals surface area (Å²) in [6.07, 6.45) is 7.25. The smallest absolute Gasteiger partial charge is 0.164 e. The van der Waals surface area contributed by atoms with Gasteiger partial charge in [0.05, 0.1) is 5.39 Å². The van der Waals surface area contributed by atoms with Crippen molar-refractivity contribution in [2.45, 2.75) is 12.3 Å². The fourth-order valence-electron chi connectivity index (χ4n) is 8.19. The molecule has 0 spiro atoms. The topological polar surface area (TPSA) is 64.7 Å². The molecule has 0 saturated heterocycles. The summed E-state index contributed by atoms with van der Waals surface area (Å²) in [4.78, 5) is 20.1. The van der Waals surface area contributed by atoms with E-state index >= 15 is 0 Å². The first-order valence-corrected chi connectivity index (χ1v) is 18.0. The summed E-state index contributed by atoms with van der Waals surface area (Å²) in [5.74, 6) is 2.12. The number of hydrogen-bond donors (Lipinski definition) is 0. The molecule has 0 saturated carbocycles. The molecule has 5 heteroatoms. The van der Waals surface area contributed by atoms with Gasteiger partial charge in [0.25, 0.3) is 0 Å². The van der Waals surface area contributed by atoms with Crippen LogP contribution in [0, 0.1) is 0 Å². The van der Waals surface area contributed by atoms with Crippen molar-refractivity contribution in [3.63, 3.8) is 0 Å². The molecule has 1 aliphatic rings. The van der Waals surface area contributed by atoms with E-state index < -0.39 is 0 Å². The molecule has 3 heterocycles. The minimum atomic E-state index is 0.158. The standard InChI is InChI=1S/C48H30N4O/c1-2-11-30(12-3-1)46-50-47(52-48(51-46)41-27-31-13-4-5-14-35(31)36-15-6-7-16-37(36)41)33-23-21-29-20-22-32(25-34(29)26-33)40-28-43-44(39-18-9-8-17-38(39)40)45-42(53-43)19-10-24-49-45/h1-24,26-28,32H,25H2. The Morgan fingerprint density at radius 3 is 2.11 bits per heavy atom. The van der Waals surface area contributed by atoms with Gasteiger partial charge in [0, 0.05) is 28.8 Å². The number of allylic oxidation sites excluding steroid dienone is 1. The number of pyridine rings is 1. The van der Waals surface area contributed by atoms with Crippen molar-refractivity contribution < 1.29 is 4.42 Å². The van der Waals surface area contributed by atoms with Gasteiger partial charge in [-0.3, -0.25) is 4.98 Å². The Morgan fingerprint density at radius 2 is 1.25 bits per heavy atom. The van der Waals surface area contributed by atoms with Gasteiger partial charge in [-0.1, -0.05) is 127 Å². The summed E-state index contributed by atoms with van der Waals surface area (Å²) < 4.78 is 6.38. The van der Waals surface area contributed by atoms with Crippen molar-refractivity contribution in [2.24, 2.45) is 0 Å². The first-order valence-electron chi connectivity index (χ1n) is 18.0. The number of rotatable bonds is 4. The number of benzene rings is 7. The van der Waals surface area contributed by atoms with Gasteiger partial charge in [-0.25, -0.2) is 15.0 Å². The molecule has 10 aromatic rings. The first-order chi connectivity index (χ1) is 26.2. The van der Waals surface area contributed by atoms with Gasteiger partial charge < -0.3 is 4.42 Å². The van der Waals surface area contributed by atoms with Gasteiger partial charge in [-0.2, -0.15) is 0 Å². The molecule has 0 amide bonds. The molecule has 11 rings (SSSR count). The van der Waals surface area contributed by atoms with Gasteiger partial charge >= 0.3 is 0 Å². The minimum Gasteiger partial charge on any atom is -0.454 e. The van der Waals surface area contributed by atoms with Crippen LogP contribution in [0.5, 0.6) is 0 Å². The maximum Gasteiger partial charge on any atom is 0.164 e. The predicted molar refractivity (Wildman–Crippen MR) is 216 cm³/mol. The van der Waals surface area contributed by atoms with E-state index in [1.807, 2.05) is 36.5 Å². The van der Waals surface area contributed by atoms with E-state index in [0.29, 0.717) is 17.5 Å². The third kappa shape index (κ3) is 4.85. The molecule has 0 radical (unpaired) electrons. The van der Waals surface area contributed by atoms with Crippen LogP contribution in [0.4, 0.5) is 0 Å². The van der Waals surface area contributed by atoms with E-state index in [1.165, 1.54) is 32.8 Å². The van der Waals surface area contributed by atoms with Gasteiger partial charge in [0.15, 0.2) is 23.1 Å². The maximum atomic E-state index is 6.38. The average Bonchev–Trinajstić information content (AvgIpc) is 3.62. The van der Waals surface area contributed by atoms with Crippen LogP contribution in [-0.2, 0) is 6.42 Å². The van der Waals surface area contributed by atoms with E-state index in [1.54, 1.807) is 0 Å². The van der Waals surface area contributed by atoms with Crippen LogP contribution in [-0.4, -0.2) is 19.9 Å². The number of nitrogens with zero attached hydrogens (tertiary/aromatic N) is 4. The summed E-state index contributed by atoms with van der Waals surface area (Å²) in [7, 11) is 0. The fraction of sp³-hybridized carbons (Fsp3) is 0.0417. The molecule has 0 fully saturated rings. The third-order valence-corrected chi connectivity index (χ3v) is 10.7. The van der Waals surface area contributed by atoms with Crippen LogP contribution >= 0.6 is 0 Å². The van der Waals surface area contributed by atoms with Crippen molar-refractivity contribution >= 4 is 60.5 Å². The Hall–Kier alpha value is -6.98. The molecule has 7 aromatic carbocycles. The Kier molecular flexibility index (Phi) is 6.61. The molecule has 53 heavy (non-hydrogen) atoms. The average molecular weight is 679 g/mol. The highest BCUT2D eigenvalue weighted by Gasteiger charge is 2.23. The lowest BCUT2D eigenvalue weighted by molar-refractivity contribution is 0.667. The quantitative estimate of drug-likeness (QED) is 0.173. The van der Waals surface area contributed by atoms with E-state index in [-0.39, 0.29) is 5.92 Å². The van der Waals surface area contributed by atoms with Crippen LogP contribution < -0.4 is 0 Å². The third-order valence-electron chi connectivity index (χ3n) is 10.7. The van der Waals surface area contributed by atoms with E-state index in [9.17, 15) is 0 Å². The molecular formula is C48H30N4O. The van der Waals surface area contributed by atoms with Gasteiger partial charge in [0.1, 0.15) is 11.1 Å². The van der Waals surface area contributed by atoms with E-state index in [2.05, 4.69) is 132 Å². The molecule has 3 aromatic heterocycles. The summed E-state index contributed by atoms with van der Waals surface area (Å²) in [6.45, 7) is 0. The molecule has 1 aliphatic carbocycles. The highest BCUT2D eigenvalue weighted by molar-refractivity contribution is 6.18. The molecule has 0 N–H and O–H groups in total. The summed E-state index contributed by atoms with van der Waals surface area (Å²) in [6, 6.07) is 50.8. The molecule has 0 bridgehead atoms. The summed E-state index contributed by atoms with van der Waals surface area (Å²) >= 11 is 0. The van der Waals surface area contributed by atoms with Crippen molar-refractivity contribution in [3.8, 4) is 34.2 Å². The lowest BCUT2D eigenvalue weighted by Gasteiger charge is -2.22.